The number of carbonyl (C=O) groups is 5. The molecule has 4 aromatic carbocycles. The van der Waals surface area contributed by atoms with Crippen LogP contribution in [0.5, 0.6) is 17.4 Å². The second-order valence-electron chi connectivity index (χ2n) is 20.1. The summed E-state index contributed by atoms with van der Waals surface area (Å²) < 4.78 is 34.5. The molecule has 420 valence electrons. The van der Waals surface area contributed by atoms with Gasteiger partial charge in [0.25, 0.3) is 0 Å². The molecule has 6 aromatic rings. The van der Waals surface area contributed by atoms with Crippen LogP contribution in [0.15, 0.2) is 139 Å². The Bertz CT molecular complexity index is 3110. The second-order valence-corrected chi connectivity index (χ2v) is 21.1. The maximum absolute atomic E-state index is 13.7. The molecule has 1 aliphatic rings. The van der Waals surface area contributed by atoms with E-state index in [1.807, 2.05) is 49.4 Å². The van der Waals surface area contributed by atoms with Crippen molar-refractivity contribution in [2.24, 2.45) is 16.9 Å². The van der Waals surface area contributed by atoms with E-state index in [0.29, 0.717) is 90.9 Å². The molecular weight excluding hydrogens is 1030 g/mol. The average Bonchev–Trinajstić information content (AvgIpc) is 3.93. The van der Waals surface area contributed by atoms with Crippen molar-refractivity contribution >= 4 is 73.5 Å². The average molecular weight is 1110 g/mol. The Morgan fingerprint density at radius 1 is 0.738 bits per heavy atom. The lowest BCUT2D eigenvalue weighted by Crippen LogP contribution is -2.16. The van der Waals surface area contributed by atoms with Gasteiger partial charge in [-0.05, 0) is 156 Å². The molecule has 1 aliphatic carbocycles. The van der Waals surface area contributed by atoms with Gasteiger partial charge in [0.05, 0.1) is 54.0 Å². The van der Waals surface area contributed by atoms with Crippen LogP contribution in [-0.2, 0) is 28.6 Å². The summed E-state index contributed by atoms with van der Waals surface area (Å²) in [5.41, 5.74) is 3.77. The van der Waals surface area contributed by atoms with Gasteiger partial charge in [0.15, 0.2) is 0 Å². The van der Waals surface area contributed by atoms with Crippen molar-refractivity contribution in [2.45, 2.75) is 110 Å². The summed E-state index contributed by atoms with van der Waals surface area (Å²) in [6, 6.07) is 27.8. The maximum Gasteiger partial charge on any atom is 0.345 e. The molecule has 0 N–H and O–H groups in total. The van der Waals surface area contributed by atoms with Gasteiger partial charge in [-0.2, -0.15) is 5.10 Å². The number of hydrazone groups is 1. The summed E-state index contributed by atoms with van der Waals surface area (Å²) in [6.45, 7) is 17.8. The number of benzene rings is 4. The second kappa shape index (κ2) is 30.4. The van der Waals surface area contributed by atoms with Gasteiger partial charge < -0.3 is 28.4 Å². The van der Waals surface area contributed by atoms with Crippen LogP contribution >= 0.6 is 11.3 Å². The molecule has 15 nitrogen and oxygen atoms in total. The van der Waals surface area contributed by atoms with E-state index in [1.54, 1.807) is 55.4 Å². The number of hydrogen-bond donors (Lipinski definition) is 0. The van der Waals surface area contributed by atoms with E-state index in [4.69, 9.17) is 38.5 Å². The minimum absolute atomic E-state index is 0.186. The van der Waals surface area contributed by atoms with Crippen LogP contribution in [0.2, 0.25) is 0 Å². The highest BCUT2D eigenvalue weighted by atomic mass is 32.1. The lowest BCUT2D eigenvalue weighted by Gasteiger charge is -2.29. The zero-order chi connectivity index (χ0) is 56.8. The summed E-state index contributed by atoms with van der Waals surface area (Å²) in [5, 5.41) is 9.49. The largest absolute Gasteiger partial charge is 0.478 e. The fourth-order valence-corrected chi connectivity index (χ4v) is 10.6. The first-order valence-electron chi connectivity index (χ1n) is 27.6. The molecule has 0 radical (unpaired) electrons. The molecule has 1 saturated carbocycles. The number of thiazole rings is 1. The first-order valence-corrected chi connectivity index (χ1v) is 28.4. The molecular formula is C64H72N4O11S. The van der Waals surface area contributed by atoms with Crippen molar-refractivity contribution in [1.29, 1.82) is 0 Å². The van der Waals surface area contributed by atoms with E-state index in [0.717, 1.165) is 97.7 Å². The number of fused-ring (bicyclic) bond motifs is 3. The maximum atomic E-state index is 13.7. The predicted octanol–water partition coefficient (Wildman–Crippen LogP) is 13.9. The van der Waals surface area contributed by atoms with E-state index >= 15 is 0 Å². The highest BCUT2D eigenvalue weighted by Crippen LogP contribution is 2.39. The Kier molecular flexibility index (Phi) is 22.7. The highest BCUT2D eigenvalue weighted by molar-refractivity contribution is 7.23. The van der Waals surface area contributed by atoms with Crippen molar-refractivity contribution in [3.8, 4) is 17.4 Å². The van der Waals surface area contributed by atoms with E-state index in [-0.39, 0.29) is 23.0 Å². The molecule has 0 unspecified atom stereocenters. The summed E-state index contributed by atoms with van der Waals surface area (Å²) in [4.78, 5) is 71.7. The summed E-state index contributed by atoms with van der Waals surface area (Å²) in [7, 11) is 0. The first-order chi connectivity index (χ1) is 38.8. The Morgan fingerprint density at radius 2 is 1.43 bits per heavy atom. The number of ether oxygens (including phenoxy) is 6. The minimum atomic E-state index is -0.655. The minimum Gasteiger partial charge on any atom is -0.478 e. The molecule has 0 bridgehead atoms. The molecule has 1 fully saturated rings. The van der Waals surface area contributed by atoms with E-state index in [9.17, 15) is 24.0 Å². The summed E-state index contributed by atoms with van der Waals surface area (Å²) in [6.07, 6.45) is 16.2. The molecule has 0 spiro atoms. The Balaban J connectivity index is 0.959. The third-order valence-corrected chi connectivity index (χ3v) is 15.2. The number of anilines is 1. The Morgan fingerprint density at radius 3 is 2.10 bits per heavy atom. The van der Waals surface area contributed by atoms with Crippen LogP contribution < -0.4 is 19.2 Å². The fraction of sp³-hybridized carbons (Fsp3) is 0.375. The quantitative estimate of drug-likeness (QED) is 0.00790. The van der Waals surface area contributed by atoms with Crippen molar-refractivity contribution in [3.63, 3.8) is 0 Å². The van der Waals surface area contributed by atoms with Crippen molar-refractivity contribution in [1.82, 2.24) is 9.97 Å². The zero-order valence-corrected chi connectivity index (χ0v) is 47.0. The van der Waals surface area contributed by atoms with Gasteiger partial charge in [0.2, 0.25) is 11.0 Å². The lowest BCUT2D eigenvalue weighted by molar-refractivity contribution is -0.140. The number of aromatic nitrogens is 2. The standard InChI is InChI=1S/C64H72N4O11S/c1-7-58(69)75-37-14-10-9-13-36-74-57-33-29-51(41-65-57)63(73)79-56-32-30-53(40-52(56)42-66-68(8-2)64-67-55-31-28-49-18-11-12-19-54(49)59(55)80-64)78-62(72)50-26-24-48(25-27-50)47-22-20-45(21-23-47)16-15-17-46(34-38-76-60(70)43(3)4)35-39-77-61(71)44(5)6/h7,11-12,18-19,24-33,40-42,45-47H,1,3,5,8-10,13-17,20-23,34-39H2,2,4,6H3/b66-42+. The van der Waals surface area contributed by atoms with Crippen molar-refractivity contribution in [3.05, 3.63) is 156 Å². The van der Waals surface area contributed by atoms with Gasteiger partial charge in [-0.15, -0.1) is 0 Å². The molecule has 80 heavy (non-hydrogen) atoms. The molecule has 16 heteroatoms. The third kappa shape index (κ3) is 17.8. The van der Waals surface area contributed by atoms with Gasteiger partial charge in [-0.1, -0.05) is 92.8 Å². The van der Waals surface area contributed by atoms with Crippen LogP contribution in [0, 0.1) is 11.8 Å². The van der Waals surface area contributed by atoms with Gasteiger partial charge in [-0.25, -0.2) is 38.9 Å². The van der Waals surface area contributed by atoms with E-state index in [1.165, 1.54) is 23.1 Å². The number of esters is 5. The molecule has 0 atom stereocenters. The van der Waals surface area contributed by atoms with Gasteiger partial charge in [0.1, 0.15) is 11.5 Å². The van der Waals surface area contributed by atoms with Crippen LogP contribution in [0.25, 0.3) is 21.0 Å². The number of unbranched alkanes of at least 4 members (excludes halogenated alkanes) is 3. The number of rotatable bonds is 30. The van der Waals surface area contributed by atoms with Gasteiger partial charge >= 0.3 is 29.8 Å². The van der Waals surface area contributed by atoms with E-state index < -0.39 is 29.8 Å². The molecule has 0 aliphatic heterocycles. The van der Waals surface area contributed by atoms with Crippen molar-refractivity contribution < 1.29 is 52.4 Å². The monoisotopic (exact) mass is 1100 g/mol. The van der Waals surface area contributed by atoms with E-state index in [2.05, 4.69) is 42.9 Å². The topological polar surface area (TPSA) is 182 Å². The zero-order valence-electron chi connectivity index (χ0n) is 46.2. The van der Waals surface area contributed by atoms with Crippen LogP contribution in [-0.4, -0.2) is 79.0 Å². The van der Waals surface area contributed by atoms with Crippen LogP contribution in [0.1, 0.15) is 142 Å². The number of hydrogen-bond acceptors (Lipinski definition) is 16. The van der Waals surface area contributed by atoms with Gasteiger partial charge in [-0.3, -0.25) is 0 Å². The van der Waals surface area contributed by atoms with Crippen LogP contribution in [0.4, 0.5) is 5.13 Å². The normalized spacial score (nSPS) is 14.2. The third-order valence-electron chi connectivity index (χ3n) is 14.1. The smallest absolute Gasteiger partial charge is 0.345 e. The predicted molar refractivity (Wildman–Crippen MR) is 313 cm³/mol. The fourth-order valence-electron chi connectivity index (χ4n) is 9.50. The summed E-state index contributed by atoms with van der Waals surface area (Å²) in [5.74, 6) is -0.377. The number of nitrogens with zero attached hydrogens (tertiary/aromatic N) is 4. The molecule has 0 amide bonds. The number of carbonyl (C=O) groups excluding carboxylic acids is 5. The van der Waals surface area contributed by atoms with Crippen LogP contribution in [0.3, 0.4) is 0 Å². The Labute approximate surface area is 472 Å². The first kappa shape index (κ1) is 59.7. The number of pyridine rings is 1. The van der Waals surface area contributed by atoms with Crippen molar-refractivity contribution in [2.75, 3.05) is 38.0 Å². The molecule has 7 rings (SSSR count). The summed E-state index contributed by atoms with van der Waals surface area (Å²) >= 11 is 1.53. The van der Waals surface area contributed by atoms with Gasteiger partial charge in [0, 0.05) is 47.0 Å². The lowest BCUT2D eigenvalue weighted by atomic mass is 9.76. The molecule has 2 aromatic heterocycles. The Hall–Kier alpha value is -7.98. The molecule has 0 saturated heterocycles. The highest BCUT2D eigenvalue weighted by Gasteiger charge is 2.24. The molecule has 2 heterocycles. The SMILES string of the molecule is C=CC(=O)OCCCCCCOc1ccc(C(=O)Oc2ccc(OC(=O)c3ccc(C4CCC(CCCC(CCOC(=O)C(=C)C)CCOC(=O)C(=C)C)CC4)cc3)cc2/C=N/N(CC)c2nc3ccc4ccccc4c3s2)cn1.